The van der Waals surface area contributed by atoms with Crippen molar-refractivity contribution in [3.05, 3.63) is 77.4 Å². The summed E-state index contributed by atoms with van der Waals surface area (Å²) in [6, 6.07) is 17.2. The number of ether oxygens (including phenoxy) is 2. The molecule has 3 aromatic rings. The lowest BCUT2D eigenvalue weighted by Crippen LogP contribution is -2.38. The molecule has 0 heterocycles. The van der Waals surface area contributed by atoms with Crippen molar-refractivity contribution in [3.8, 4) is 11.5 Å². The summed E-state index contributed by atoms with van der Waals surface area (Å²) < 4.78 is 39.6. The van der Waals surface area contributed by atoms with Gasteiger partial charge >= 0.3 is 0 Å². The first-order valence-electron chi connectivity index (χ1n) is 10.9. The fraction of sp³-hybridized carbons (Fsp3) is 0.269. The van der Waals surface area contributed by atoms with Crippen molar-refractivity contribution in [2.75, 3.05) is 29.9 Å². The van der Waals surface area contributed by atoms with E-state index in [0.29, 0.717) is 23.7 Å². The number of carbonyl (C=O) groups excluding carboxylic acids is 1. The molecular weight excluding hydrogens is 452 g/mol. The van der Waals surface area contributed by atoms with Crippen molar-refractivity contribution < 1.29 is 22.7 Å². The topological polar surface area (TPSA) is 84.9 Å². The van der Waals surface area contributed by atoms with Gasteiger partial charge in [0.1, 0.15) is 22.9 Å². The predicted octanol–water partition coefficient (Wildman–Crippen LogP) is 4.85. The van der Waals surface area contributed by atoms with E-state index in [1.165, 1.54) is 13.2 Å². The van der Waals surface area contributed by atoms with E-state index in [4.69, 9.17) is 9.47 Å². The Morgan fingerprint density at radius 2 is 1.71 bits per heavy atom. The van der Waals surface area contributed by atoms with Crippen LogP contribution in [0.2, 0.25) is 0 Å². The van der Waals surface area contributed by atoms with Gasteiger partial charge in [0.15, 0.2) is 0 Å². The molecule has 0 aliphatic rings. The van der Waals surface area contributed by atoms with Crippen molar-refractivity contribution in [3.63, 3.8) is 0 Å². The number of carbonyl (C=O) groups is 1. The minimum Gasteiger partial charge on any atom is -0.495 e. The third-order valence-electron chi connectivity index (χ3n) is 5.47. The minimum absolute atomic E-state index is 0.00428. The first kappa shape index (κ1) is 25.1. The van der Waals surface area contributed by atoms with Crippen LogP contribution < -0.4 is 19.1 Å². The van der Waals surface area contributed by atoms with Crippen LogP contribution in [0.15, 0.2) is 65.6 Å². The van der Waals surface area contributed by atoms with Crippen molar-refractivity contribution in [2.24, 2.45) is 0 Å². The molecule has 1 amide bonds. The maximum absolute atomic E-state index is 13.8. The van der Waals surface area contributed by atoms with E-state index in [1.807, 2.05) is 33.8 Å². The van der Waals surface area contributed by atoms with Gasteiger partial charge in [0.2, 0.25) is 5.91 Å². The van der Waals surface area contributed by atoms with Crippen molar-refractivity contribution in [1.29, 1.82) is 0 Å². The lowest BCUT2D eigenvalue weighted by Gasteiger charge is -2.27. The summed E-state index contributed by atoms with van der Waals surface area (Å²) in [4.78, 5) is 13.0. The molecule has 0 spiro atoms. The van der Waals surface area contributed by atoms with Crippen LogP contribution in [0.3, 0.4) is 0 Å². The van der Waals surface area contributed by atoms with E-state index >= 15 is 0 Å². The first-order chi connectivity index (χ1) is 16.2. The van der Waals surface area contributed by atoms with E-state index in [2.05, 4.69) is 5.32 Å². The largest absolute Gasteiger partial charge is 0.495 e. The highest BCUT2D eigenvalue weighted by molar-refractivity contribution is 7.93. The van der Waals surface area contributed by atoms with Gasteiger partial charge in [-0.05, 0) is 86.8 Å². The molecule has 0 unspecified atom stereocenters. The quantitative estimate of drug-likeness (QED) is 0.471. The smallest absolute Gasteiger partial charge is 0.268 e. The van der Waals surface area contributed by atoms with Gasteiger partial charge in [-0.25, -0.2) is 8.42 Å². The van der Waals surface area contributed by atoms with E-state index < -0.39 is 22.5 Å². The number of nitrogens with zero attached hydrogens (tertiary/aromatic N) is 1. The average molecular weight is 483 g/mol. The number of hydrogen-bond acceptors (Lipinski definition) is 5. The number of methoxy groups -OCH3 is 1. The highest BCUT2D eigenvalue weighted by atomic mass is 32.2. The highest BCUT2D eigenvalue weighted by Crippen LogP contribution is 2.33. The number of amides is 1. The van der Waals surface area contributed by atoms with Crippen LogP contribution >= 0.6 is 0 Å². The number of anilines is 2. The Bertz CT molecular complexity index is 1270. The average Bonchev–Trinajstić information content (AvgIpc) is 2.80. The zero-order chi connectivity index (χ0) is 24.9. The molecule has 34 heavy (non-hydrogen) atoms. The molecule has 8 heteroatoms. The minimum atomic E-state index is -4.13. The summed E-state index contributed by atoms with van der Waals surface area (Å²) in [6.45, 7) is 7.61. The number of sulfonamides is 1. The van der Waals surface area contributed by atoms with Crippen LogP contribution in [0, 0.1) is 20.8 Å². The van der Waals surface area contributed by atoms with Gasteiger partial charge in [-0.15, -0.1) is 0 Å². The van der Waals surface area contributed by atoms with Gasteiger partial charge in [-0.1, -0.05) is 18.2 Å². The Morgan fingerprint density at radius 3 is 2.35 bits per heavy atom. The molecule has 0 saturated heterocycles. The van der Waals surface area contributed by atoms with Crippen molar-refractivity contribution in [2.45, 2.75) is 32.6 Å². The van der Waals surface area contributed by atoms with Crippen LogP contribution in [0.25, 0.3) is 0 Å². The van der Waals surface area contributed by atoms with E-state index in [9.17, 15) is 13.2 Å². The Balaban J connectivity index is 1.99. The maximum atomic E-state index is 13.8. The Kier molecular flexibility index (Phi) is 7.83. The first-order valence-corrected chi connectivity index (χ1v) is 12.4. The molecule has 0 bridgehead atoms. The molecule has 1 N–H and O–H groups in total. The fourth-order valence-electron chi connectivity index (χ4n) is 3.54. The summed E-state index contributed by atoms with van der Waals surface area (Å²) in [5.41, 5.74) is 3.53. The second kappa shape index (κ2) is 10.6. The van der Waals surface area contributed by atoms with Crippen LogP contribution in [0.1, 0.15) is 23.6 Å². The van der Waals surface area contributed by atoms with Crippen molar-refractivity contribution >= 4 is 27.3 Å². The van der Waals surface area contributed by atoms with Crippen LogP contribution in [-0.2, 0) is 14.8 Å². The van der Waals surface area contributed by atoms with E-state index in [0.717, 1.165) is 21.0 Å². The molecule has 0 saturated carbocycles. The van der Waals surface area contributed by atoms with Gasteiger partial charge in [0.05, 0.1) is 19.4 Å². The van der Waals surface area contributed by atoms with Gasteiger partial charge < -0.3 is 14.8 Å². The third kappa shape index (κ3) is 5.51. The number of hydrogen-bond donors (Lipinski definition) is 1. The molecule has 0 fully saturated rings. The second-order valence-corrected chi connectivity index (χ2v) is 9.72. The molecule has 3 aromatic carbocycles. The summed E-state index contributed by atoms with van der Waals surface area (Å²) in [5, 5.41) is 2.77. The van der Waals surface area contributed by atoms with Crippen molar-refractivity contribution in [1.82, 2.24) is 0 Å². The maximum Gasteiger partial charge on any atom is 0.268 e. The van der Waals surface area contributed by atoms with Gasteiger partial charge in [-0.2, -0.15) is 0 Å². The number of aryl methyl sites for hydroxylation is 2. The molecular formula is C26H30N2O5S. The second-order valence-electron chi connectivity index (χ2n) is 7.89. The molecule has 7 nitrogen and oxygen atoms in total. The zero-order valence-corrected chi connectivity index (χ0v) is 20.9. The summed E-state index contributed by atoms with van der Waals surface area (Å²) in [6.07, 6.45) is 0. The van der Waals surface area contributed by atoms with Gasteiger partial charge in [0.25, 0.3) is 10.0 Å². The third-order valence-corrected chi connectivity index (χ3v) is 7.27. The number of benzene rings is 3. The lowest BCUT2D eigenvalue weighted by molar-refractivity contribution is -0.114. The normalized spacial score (nSPS) is 11.1. The molecule has 0 aliphatic heterocycles. The molecule has 0 aromatic heterocycles. The molecule has 3 rings (SSSR count). The summed E-state index contributed by atoms with van der Waals surface area (Å²) in [5.74, 6) is 0.438. The number of nitrogens with one attached hydrogen (secondary N) is 1. The van der Waals surface area contributed by atoms with Crippen LogP contribution in [-0.4, -0.2) is 34.6 Å². The molecule has 0 aliphatic carbocycles. The van der Waals surface area contributed by atoms with E-state index in [-0.39, 0.29) is 10.6 Å². The molecule has 0 radical (unpaired) electrons. The van der Waals surface area contributed by atoms with Crippen LogP contribution in [0.5, 0.6) is 11.5 Å². The van der Waals surface area contributed by atoms with Crippen LogP contribution in [0.4, 0.5) is 11.4 Å². The predicted molar refractivity (Wildman–Crippen MR) is 134 cm³/mol. The fourth-order valence-corrected chi connectivity index (χ4v) is 5.16. The molecule has 180 valence electrons. The van der Waals surface area contributed by atoms with Gasteiger partial charge in [-0.3, -0.25) is 9.10 Å². The Morgan fingerprint density at radius 1 is 1.00 bits per heavy atom. The standard InChI is InChI=1S/C26H30N2O5S/c1-6-33-22-13-11-21(12-14-22)27-26(29)17-28(23-9-7-8-19(3)20(23)4)34(30,31)25-15-10-18(2)16-24(25)32-5/h7-16H,6,17H2,1-5H3,(H,27,29). The zero-order valence-electron chi connectivity index (χ0n) is 20.1. The lowest BCUT2D eigenvalue weighted by atomic mass is 10.1. The molecule has 0 atom stereocenters. The SMILES string of the molecule is CCOc1ccc(NC(=O)CN(c2cccc(C)c2C)S(=O)(=O)c2ccc(C)cc2OC)cc1. The van der Waals surface area contributed by atoms with Gasteiger partial charge in [0, 0.05) is 5.69 Å². The highest BCUT2D eigenvalue weighted by Gasteiger charge is 2.31. The summed E-state index contributed by atoms with van der Waals surface area (Å²) in [7, 11) is -2.70. The monoisotopic (exact) mass is 482 g/mol. The number of rotatable bonds is 9. The Labute approximate surface area is 201 Å². The van der Waals surface area contributed by atoms with E-state index in [1.54, 1.807) is 48.5 Å². The Hall–Kier alpha value is -3.52. The summed E-state index contributed by atoms with van der Waals surface area (Å²) >= 11 is 0.